The second-order valence-electron chi connectivity index (χ2n) is 7.68. The number of hydrogen-bond donors (Lipinski definition) is 1. The molecular formula is C22H24ClFN2O3. The van der Waals surface area contributed by atoms with E-state index in [1.807, 2.05) is 0 Å². The Balaban J connectivity index is 1.78. The molecule has 2 aromatic rings. The molecule has 1 fully saturated rings. The predicted molar refractivity (Wildman–Crippen MR) is 109 cm³/mol. The molecule has 1 heterocycles. The van der Waals surface area contributed by atoms with E-state index in [1.165, 1.54) is 6.07 Å². The van der Waals surface area contributed by atoms with Crippen molar-refractivity contribution in [1.82, 2.24) is 4.90 Å². The molecule has 29 heavy (non-hydrogen) atoms. The third kappa shape index (κ3) is 5.26. The number of aryl methyl sites for hydroxylation is 1. The van der Waals surface area contributed by atoms with Crippen LogP contribution in [0.5, 0.6) is 5.75 Å². The fourth-order valence-electron chi connectivity index (χ4n) is 3.77. The van der Waals surface area contributed by atoms with Crippen LogP contribution in [0.2, 0.25) is 5.02 Å². The standard InChI is InChI=1S/C22H24ClFN2O3/c1-15-6-7-16(10-19(15)24)21(28)26-9-3-8-22(13-26,12-20(25)27)14-29-18-5-2-4-17(23)11-18/h2,4-7,10-11H,3,8-9,12-14H2,1H3,(H2,25,27)/t22-/m0/s1. The molecule has 5 nitrogen and oxygen atoms in total. The van der Waals surface area contributed by atoms with Crippen LogP contribution in [0.4, 0.5) is 4.39 Å². The first-order chi connectivity index (χ1) is 13.8. The van der Waals surface area contributed by atoms with Crippen LogP contribution < -0.4 is 10.5 Å². The lowest BCUT2D eigenvalue weighted by Gasteiger charge is -2.42. The van der Waals surface area contributed by atoms with Gasteiger partial charge in [-0.25, -0.2) is 4.39 Å². The van der Waals surface area contributed by atoms with Gasteiger partial charge in [0.05, 0.1) is 6.61 Å². The van der Waals surface area contributed by atoms with Crippen molar-refractivity contribution >= 4 is 23.4 Å². The van der Waals surface area contributed by atoms with E-state index >= 15 is 0 Å². The quantitative estimate of drug-likeness (QED) is 0.771. The maximum atomic E-state index is 13.9. The summed E-state index contributed by atoms with van der Waals surface area (Å²) in [6.07, 6.45) is 1.49. The summed E-state index contributed by atoms with van der Waals surface area (Å²) < 4.78 is 19.8. The Hall–Kier alpha value is -2.60. The Morgan fingerprint density at radius 3 is 2.76 bits per heavy atom. The van der Waals surface area contributed by atoms with Gasteiger partial charge >= 0.3 is 0 Å². The molecule has 0 saturated carbocycles. The van der Waals surface area contributed by atoms with E-state index in [4.69, 9.17) is 22.1 Å². The number of nitrogens with zero attached hydrogens (tertiary/aromatic N) is 1. The first-order valence-corrected chi connectivity index (χ1v) is 9.88. The molecule has 2 N–H and O–H groups in total. The lowest BCUT2D eigenvalue weighted by Crippen LogP contribution is -2.50. The highest BCUT2D eigenvalue weighted by Crippen LogP contribution is 2.35. The number of nitrogens with two attached hydrogens (primary N) is 1. The van der Waals surface area contributed by atoms with E-state index in [2.05, 4.69) is 0 Å². The lowest BCUT2D eigenvalue weighted by atomic mass is 9.77. The molecule has 0 radical (unpaired) electrons. The number of primary amides is 1. The van der Waals surface area contributed by atoms with E-state index in [9.17, 15) is 14.0 Å². The fraction of sp³-hybridized carbons (Fsp3) is 0.364. The summed E-state index contributed by atoms with van der Waals surface area (Å²) >= 11 is 6.00. The fourth-order valence-corrected chi connectivity index (χ4v) is 3.95. The van der Waals surface area contributed by atoms with Crippen LogP contribution >= 0.6 is 11.6 Å². The molecule has 0 spiro atoms. The number of rotatable bonds is 6. The number of carbonyl (C=O) groups excluding carboxylic acids is 2. The van der Waals surface area contributed by atoms with E-state index in [0.29, 0.717) is 47.8 Å². The first kappa shape index (κ1) is 21.1. The van der Waals surface area contributed by atoms with Crippen LogP contribution in [0, 0.1) is 18.2 Å². The first-order valence-electron chi connectivity index (χ1n) is 9.50. The largest absolute Gasteiger partial charge is 0.493 e. The zero-order valence-electron chi connectivity index (χ0n) is 16.3. The summed E-state index contributed by atoms with van der Waals surface area (Å²) in [5.74, 6) is -0.540. The zero-order valence-corrected chi connectivity index (χ0v) is 17.0. The van der Waals surface area contributed by atoms with Gasteiger partial charge in [-0.05, 0) is 55.7 Å². The van der Waals surface area contributed by atoms with Crippen LogP contribution in [-0.2, 0) is 4.79 Å². The number of carbonyl (C=O) groups is 2. The van der Waals surface area contributed by atoms with Crippen molar-refractivity contribution < 1.29 is 18.7 Å². The van der Waals surface area contributed by atoms with Crippen molar-refractivity contribution in [2.24, 2.45) is 11.1 Å². The van der Waals surface area contributed by atoms with Crippen LogP contribution in [0.25, 0.3) is 0 Å². The molecule has 1 aliphatic heterocycles. The lowest BCUT2D eigenvalue weighted by molar-refractivity contribution is -0.122. The molecule has 154 valence electrons. The second-order valence-corrected chi connectivity index (χ2v) is 8.12. The van der Waals surface area contributed by atoms with Crippen molar-refractivity contribution in [3.63, 3.8) is 0 Å². The smallest absolute Gasteiger partial charge is 0.253 e. The molecule has 3 rings (SSSR count). The van der Waals surface area contributed by atoms with Crippen LogP contribution in [0.15, 0.2) is 42.5 Å². The third-order valence-electron chi connectivity index (χ3n) is 5.26. The van der Waals surface area contributed by atoms with Gasteiger partial charge in [-0.2, -0.15) is 0 Å². The average molecular weight is 419 g/mol. The minimum Gasteiger partial charge on any atom is -0.493 e. The number of hydrogen-bond acceptors (Lipinski definition) is 3. The molecular weight excluding hydrogens is 395 g/mol. The number of halogens is 2. The van der Waals surface area contributed by atoms with E-state index in [0.717, 1.165) is 0 Å². The topological polar surface area (TPSA) is 72.6 Å². The Morgan fingerprint density at radius 2 is 2.07 bits per heavy atom. The van der Waals surface area contributed by atoms with Gasteiger partial charge in [-0.3, -0.25) is 9.59 Å². The summed E-state index contributed by atoms with van der Waals surface area (Å²) in [4.78, 5) is 26.4. The van der Waals surface area contributed by atoms with Gasteiger partial charge in [0.1, 0.15) is 11.6 Å². The maximum Gasteiger partial charge on any atom is 0.253 e. The molecule has 1 atom stereocenters. The minimum absolute atomic E-state index is 0.0968. The van der Waals surface area contributed by atoms with Crippen LogP contribution in [0.3, 0.4) is 0 Å². The SMILES string of the molecule is Cc1ccc(C(=O)N2CCC[C@](COc3cccc(Cl)c3)(CC(N)=O)C2)cc1F. The number of likely N-dealkylation sites (tertiary alicyclic amines) is 1. The van der Waals surface area contributed by atoms with Gasteiger partial charge in [0, 0.05) is 35.5 Å². The normalized spacial score (nSPS) is 19.1. The summed E-state index contributed by atoms with van der Waals surface area (Å²) in [7, 11) is 0. The Labute approximate surface area is 174 Å². The van der Waals surface area contributed by atoms with Crippen molar-refractivity contribution in [1.29, 1.82) is 0 Å². The van der Waals surface area contributed by atoms with Crippen molar-refractivity contribution in [3.8, 4) is 5.75 Å². The average Bonchev–Trinajstić information content (AvgIpc) is 2.68. The van der Waals surface area contributed by atoms with Gasteiger partial charge < -0.3 is 15.4 Å². The van der Waals surface area contributed by atoms with Crippen LogP contribution in [0.1, 0.15) is 35.2 Å². The van der Waals surface area contributed by atoms with Crippen molar-refractivity contribution in [3.05, 3.63) is 64.4 Å². The molecule has 2 aromatic carbocycles. The predicted octanol–water partition coefficient (Wildman–Crippen LogP) is 3.96. The second kappa shape index (κ2) is 8.82. The van der Waals surface area contributed by atoms with Crippen molar-refractivity contribution in [2.75, 3.05) is 19.7 Å². The summed E-state index contributed by atoms with van der Waals surface area (Å²) in [6.45, 7) is 2.72. The Kier molecular flexibility index (Phi) is 6.42. The van der Waals surface area contributed by atoms with E-state index in [1.54, 1.807) is 48.2 Å². The Morgan fingerprint density at radius 1 is 1.28 bits per heavy atom. The van der Waals surface area contributed by atoms with Gasteiger partial charge in [-0.1, -0.05) is 23.7 Å². The van der Waals surface area contributed by atoms with Gasteiger partial charge in [0.25, 0.3) is 5.91 Å². The molecule has 1 saturated heterocycles. The summed E-state index contributed by atoms with van der Waals surface area (Å²) in [5, 5.41) is 0.549. The molecule has 0 bridgehead atoms. The van der Waals surface area contributed by atoms with Gasteiger partial charge in [0.2, 0.25) is 5.91 Å². The van der Waals surface area contributed by atoms with Gasteiger partial charge in [-0.15, -0.1) is 0 Å². The molecule has 0 aliphatic carbocycles. The number of piperidine rings is 1. The molecule has 7 heteroatoms. The minimum atomic E-state index is -0.606. The number of ether oxygens (including phenoxy) is 1. The number of benzene rings is 2. The number of amides is 2. The highest BCUT2D eigenvalue weighted by atomic mass is 35.5. The third-order valence-corrected chi connectivity index (χ3v) is 5.49. The summed E-state index contributed by atoms with van der Waals surface area (Å²) in [5.41, 5.74) is 5.67. The molecule has 1 aliphatic rings. The zero-order chi connectivity index (χ0) is 21.0. The van der Waals surface area contributed by atoms with Crippen molar-refractivity contribution in [2.45, 2.75) is 26.2 Å². The van der Waals surface area contributed by atoms with Crippen LogP contribution in [-0.4, -0.2) is 36.4 Å². The van der Waals surface area contributed by atoms with E-state index in [-0.39, 0.29) is 18.9 Å². The van der Waals surface area contributed by atoms with Gasteiger partial charge in [0.15, 0.2) is 0 Å². The highest BCUT2D eigenvalue weighted by molar-refractivity contribution is 6.30. The molecule has 0 unspecified atom stereocenters. The maximum absolute atomic E-state index is 13.9. The van der Waals surface area contributed by atoms with E-state index < -0.39 is 17.1 Å². The monoisotopic (exact) mass is 418 g/mol. The molecule has 2 amide bonds. The Bertz CT molecular complexity index is 921. The highest BCUT2D eigenvalue weighted by Gasteiger charge is 2.39. The molecule has 0 aromatic heterocycles. The summed E-state index contributed by atoms with van der Waals surface area (Å²) in [6, 6.07) is 11.5.